The molecule has 0 fully saturated rings. The average Bonchev–Trinajstić information content (AvgIpc) is 3.44. The number of hydrogen-bond acceptors (Lipinski definition) is 1. The van der Waals surface area contributed by atoms with Gasteiger partial charge in [0.05, 0.1) is 5.69 Å². The maximum absolute atomic E-state index is 2.40. The fraction of sp³-hybridized carbons (Fsp3) is 0. The molecule has 0 heterocycles. The van der Waals surface area contributed by atoms with Gasteiger partial charge >= 0.3 is 0 Å². The van der Waals surface area contributed by atoms with Crippen molar-refractivity contribution in [2.24, 2.45) is 0 Å². The van der Waals surface area contributed by atoms with Gasteiger partial charge in [0.25, 0.3) is 0 Å². The van der Waals surface area contributed by atoms with Gasteiger partial charge in [-0.15, -0.1) is 0 Å². The maximum Gasteiger partial charge on any atom is 0.0540 e. The molecule has 1 nitrogen and oxygen atoms in total. The zero-order chi connectivity index (χ0) is 45.9. The van der Waals surface area contributed by atoms with Gasteiger partial charge in [-0.3, -0.25) is 0 Å². The molecular weight excluding hydrogens is 831 g/mol. The average molecular weight is 878 g/mol. The summed E-state index contributed by atoms with van der Waals surface area (Å²) in [5.41, 5.74) is 20.1. The van der Waals surface area contributed by atoms with E-state index in [1.54, 1.807) is 0 Å². The zero-order valence-electron chi connectivity index (χ0n) is 38.1. The van der Waals surface area contributed by atoms with Crippen molar-refractivity contribution >= 4 is 38.6 Å². The lowest BCUT2D eigenvalue weighted by Gasteiger charge is -2.28. The number of fused-ring (bicyclic) bond motifs is 3. The summed E-state index contributed by atoms with van der Waals surface area (Å²) in [4.78, 5) is 2.40. The fourth-order valence-corrected chi connectivity index (χ4v) is 10.3. The Kier molecular flexibility index (Phi) is 11.0. The van der Waals surface area contributed by atoms with Gasteiger partial charge in [0.15, 0.2) is 0 Å². The van der Waals surface area contributed by atoms with E-state index in [2.05, 4.69) is 290 Å². The number of hydrogen-bond donors (Lipinski definition) is 0. The van der Waals surface area contributed by atoms with Gasteiger partial charge in [0.2, 0.25) is 0 Å². The van der Waals surface area contributed by atoms with Gasteiger partial charge in [0.1, 0.15) is 0 Å². The monoisotopic (exact) mass is 877 g/mol. The van der Waals surface area contributed by atoms with Gasteiger partial charge < -0.3 is 4.90 Å². The summed E-state index contributed by atoms with van der Waals surface area (Å²) in [6.07, 6.45) is 0. The molecule has 1 heteroatoms. The SMILES string of the molecule is c1ccc(-c2ccccc2N(c2ccc(-c3ccc4c(-c5ccccc5)c(-c5ccccc5)c5ccccc5c4c3)cc2)c2ccc(-c3cccc(-c4ccccc4)c3-c3ccccc3)cc2)cc1. The van der Waals surface area contributed by atoms with Crippen molar-refractivity contribution in [1.29, 1.82) is 0 Å². The Morgan fingerprint density at radius 1 is 0.188 bits per heavy atom. The van der Waals surface area contributed by atoms with Crippen LogP contribution in [0.5, 0.6) is 0 Å². The lowest BCUT2D eigenvalue weighted by atomic mass is 9.84. The van der Waals surface area contributed by atoms with Crippen LogP contribution in [0.1, 0.15) is 0 Å². The molecule has 324 valence electrons. The summed E-state index contributed by atoms with van der Waals surface area (Å²) < 4.78 is 0. The van der Waals surface area contributed by atoms with Crippen LogP contribution in [0.15, 0.2) is 285 Å². The molecule has 0 N–H and O–H groups in total. The third-order valence-electron chi connectivity index (χ3n) is 13.5. The zero-order valence-corrected chi connectivity index (χ0v) is 38.1. The van der Waals surface area contributed by atoms with Crippen molar-refractivity contribution in [2.75, 3.05) is 4.90 Å². The smallest absolute Gasteiger partial charge is 0.0540 e. The second kappa shape index (κ2) is 18.3. The molecule has 0 aliphatic carbocycles. The first kappa shape index (κ1) is 41.4. The Labute approximate surface area is 404 Å². The summed E-state index contributed by atoms with van der Waals surface area (Å²) in [6.45, 7) is 0. The van der Waals surface area contributed by atoms with Crippen LogP contribution in [0, 0.1) is 0 Å². The lowest BCUT2D eigenvalue weighted by Crippen LogP contribution is -2.11. The topological polar surface area (TPSA) is 3.24 Å². The Bertz CT molecular complexity index is 3720. The van der Waals surface area contributed by atoms with Crippen LogP contribution < -0.4 is 4.90 Å². The Hall–Kier alpha value is -9.04. The maximum atomic E-state index is 2.40. The normalized spacial score (nSPS) is 11.2. The van der Waals surface area contributed by atoms with Gasteiger partial charge in [-0.05, 0) is 130 Å². The molecule has 12 aromatic rings. The van der Waals surface area contributed by atoms with Crippen molar-refractivity contribution in [2.45, 2.75) is 0 Å². The number of benzene rings is 12. The van der Waals surface area contributed by atoms with Crippen LogP contribution in [0.25, 0.3) is 99.4 Å². The van der Waals surface area contributed by atoms with E-state index in [9.17, 15) is 0 Å². The molecule has 0 saturated carbocycles. The molecule has 0 bridgehead atoms. The second-order valence-corrected chi connectivity index (χ2v) is 17.6. The van der Waals surface area contributed by atoms with E-state index in [0.29, 0.717) is 0 Å². The summed E-state index contributed by atoms with van der Waals surface area (Å²) >= 11 is 0. The summed E-state index contributed by atoms with van der Waals surface area (Å²) in [5.74, 6) is 0. The molecule has 12 aromatic carbocycles. The van der Waals surface area contributed by atoms with E-state index >= 15 is 0 Å². The van der Waals surface area contributed by atoms with Crippen molar-refractivity contribution in [3.8, 4) is 77.9 Å². The molecule has 69 heavy (non-hydrogen) atoms. The molecule has 0 aliphatic rings. The first-order valence-electron chi connectivity index (χ1n) is 23.8. The number of nitrogens with zero attached hydrogens (tertiary/aromatic N) is 1. The highest BCUT2D eigenvalue weighted by atomic mass is 15.1. The molecule has 12 rings (SSSR count). The summed E-state index contributed by atoms with van der Waals surface area (Å²) in [7, 11) is 0. The van der Waals surface area contributed by atoms with E-state index in [1.807, 2.05) is 0 Å². The van der Waals surface area contributed by atoms with Crippen LogP contribution in [0.2, 0.25) is 0 Å². The van der Waals surface area contributed by atoms with Crippen molar-refractivity contribution in [1.82, 2.24) is 0 Å². The molecule has 0 saturated heterocycles. The first-order chi connectivity index (χ1) is 34.3. The Balaban J connectivity index is 0.980. The van der Waals surface area contributed by atoms with Crippen LogP contribution in [0.3, 0.4) is 0 Å². The minimum atomic E-state index is 1.08. The predicted molar refractivity (Wildman–Crippen MR) is 294 cm³/mol. The van der Waals surface area contributed by atoms with E-state index < -0.39 is 0 Å². The van der Waals surface area contributed by atoms with Crippen LogP contribution in [-0.2, 0) is 0 Å². The van der Waals surface area contributed by atoms with Crippen molar-refractivity contribution in [3.05, 3.63) is 285 Å². The molecule has 0 radical (unpaired) electrons. The number of anilines is 3. The molecule has 0 unspecified atom stereocenters. The first-order valence-corrected chi connectivity index (χ1v) is 23.8. The number of rotatable bonds is 10. The van der Waals surface area contributed by atoms with Crippen LogP contribution in [-0.4, -0.2) is 0 Å². The third kappa shape index (κ3) is 7.86. The summed E-state index contributed by atoms with van der Waals surface area (Å²) in [6, 6.07) is 103. The van der Waals surface area contributed by atoms with Gasteiger partial charge in [-0.2, -0.15) is 0 Å². The fourth-order valence-electron chi connectivity index (χ4n) is 10.3. The predicted octanol–water partition coefficient (Wildman–Crippen LogP) is 19.1. The van der Waals surface area contributed by atoms with Crippen molar-refractivity contribution < 1.29 is 0 Å². The molecule has 0 spiro atoms. The second-order valence-electron chi connectivity index (χ2n) is 17.6. The van der Waals surface area contributed by atoms with Gasteiger partial charge in [-0.1, -0.05) is 249 Å². The standard InChI is InChI=1S/C68H47N/c1-6-21-49(22-7-1)58-31-18-19-36-65(58)69(57-44-39-51(40-45-57)60-35-20-34-59(50-23-8-2-9-24-50)66(60)52-25-10-3-11-26-52)56-42-37-48(38-43-56)55-41-46-63-64(47-55)61-32-16-17-33-62(61)67(53-27-12-4-13-28-53)68(63)54-29-14-5-15-30-54/h1-47H. The number of para-hydroxylation sites is 1. The third-order valence-corrected chi connectivity index (χ3v) is 13.5. The molecule has 0 aliphatic heterocycles. The van der Waals surface area contributed by atoms with Gasteiger partial charge in [0, 0.05) is 16.9 Å². The minimum absolute atomic E-state index is 1.08. The molecular formula is C68H47N. The Morgan fingerprint density at radius 3 is 1.09 bits per heavy atom. The highest BCUT2D eigenvalue weighted by Crippen LogP contribution is 2.47. The molecule has 0 aromatic heterocycles. The molecule has 0 amide bonds. The van der Waals surface area contributed by atoms with E-state index in [1.165, 1.54) is 88.3 Å². The lowest BCUT2D eigenvalue weighted by molar-refractivity contribution is 1.28. The largest absolute Gasteiger partial charge is 0.310 e. The highest BCUT2D eigenvalue weighted by Gasteiger charge is 2.21. The molecule has 0 atom stereocenters. The Morgan fingerprint density at radius 2 is 0.551 bits per heavy atom. The van der Waals surface area contributed by atoms with E-state index in [4.69, 9.17) is 0 Å². The minimum Gasteiger partial charge on any atom is -0.310 e. The van der Waals surface area contributed by atoms with Crippen LogP contribution in [0.4, 0.5) is 17.1 Å². The summed E-state index contributed by atoms with van der Waals surface area (Å²) in [5, 5.41) is 4.99. The van der Waals surface area contributed by atoms with E-state index in [0.717, 1.165) is 28.2 Å². The van der Waals surface area contributed by atoms with Crippen molar-refractivity contribution in [3.63, 3.8) is 0 Å². The van der Waals surface area contributed by atoms with Crippen LogP contribution >= 0.6 is 0 Å². The quantitative estimate of drug-likeness (QED) is 0.124. The highest BCUT2D eigenvalue weighted by molar-refractivity contribution is 6.22. The van der Waals surface area contributed by atoms with E-state index in [-0.39, 0.29) is 0 Å². The van der Waals surface area contributed by atoms with Gasteiger partial charge in [-0.25, -0.2) is 0 Å².